The molecule has 0 atom stereocenters. The Morgan fingerprint density at radius 3 is 2.63 bits per heavy atom. The number of ether oxygens (including phenoxy) is 2. The van der Waals surface area contributed by atoms with Gasteiger partial charge in [0, 0.05) is 7.05 Å². The number of halogens is 4. The van der Waals surface area contributed by atoms with Gasteiger partial charge in [-0.05, 0) is 34.1 Å². The second-order valence-corrected chi connectivity index (χ2v) is 4.27. The summed E-state index contributed by atoms with van der Waals surface area (Å²) in [4.78, 5) is 10.9. The third kappa shape index (κ3) is 5.82. The van der Waals surface area contributed by atoms with Gasteiger partial charge in [0.25, 0.3) is 0 Å². The average Bonchev–Trinajstić information content (AvgIpc) is 2.31. The van der Waals surface area contributed by atoms with Crippen molar-refractivity contribution in [2.24, 2.45) is 0 Å². The van der Waals surface area contributed by atoms with Crippen molar-refractivity contribution in [3.05, 3.63) is 22.7 Å². The fourth-order valence-electron chi connectivity index (χ4n) is 1.17. The lowest BCUT2D eigenvalue weighted by Crippen LogP contribution is -2.20. The van der Waals surface area contributed by atoms with Gasteiger partial charge in [-0.25, -0.2) is 0 Å². The van der Waals surface area contributed by atoms with Gasteiger partial charge in [-0.15, -0.1) is 13.2 Å². The van der Waals surface area contributed by atoms with Crippen LogP contribution in [0.5, 0.6) is 11.5 Å². The number of carbonyl (C=O) groups is 1. The molecule has 0 aromatic heterocycles. The molecule has 1 N–H and O–H groups in total. The largest absolute Gasteiger partial charge is 0.573 e. The van der Waals surface area contributed by atoms with Crippen molar-refractivity contribution in [1.29, 1.82) is 0 Å². The van der Waals surface area contributed by atoms with E-state index < -0.39 is 6.36 Å². The van der Waals surface area contributed by atoms with Crippen LogP contribution in [0.15, 0.2) is 22.7 Å². The quantitative estimate of drug-likeness (QED) is 0.895. The Labute approximate surface area is 116 Å². The Morgan fingerprint density at radius 1 is 1.42 bits per heavy atom. The summed E-state index contributed by atoms with van der Waals surface area (Å²) in [5.41, 5.74) is 0. The van der Waals surface area contributed by atoms with Crippen LogP contribution in [0.4, 0.5) is 13.2 Å². The van der Waals surface area contributed by atoms with Crippen LogP contribution in [0.2, 0.25) is 0 Å². The van der Waals surface area contributed by atoms with Crippen LogP contribution < -0.4 is 14.8 Å². The predicted molar refractivity (Wildman–Crippen MR) is 65.0 cm³/mol. The van der Waals surface area contributed by atoms with E-state index in [1.165, 1.54) is 19.2 Å². The second kappa shape index (κ2) is 6.65. The molecule has 0 radical (unpaired) electrons. The maximum Gasteiger partial charge on any atom is 0.573 e. The van der Waals surface area contributed by atoms with E-state index in [-0.39, 0.29) is 29.2 Å². The highest BCUT2D eigenvalue weighted by molar-refractivity contribution is 9.10. The maximum absolute atomic E-state index is 12.0. The number of hydrogen-bond acceptors (Lipinski definition) is 3. The molecule has 0 aliphatic carbocycles. The summed E-state index contributed by atoms with van der Waals surface area (Å²) < 4.78 is 45.2. The lowest BCUT2D eigenvalue weighted by Gasteiger charge is -2.12. The van der Waals surface area contributed by atoms with Crippen molar-refractivity contribution in [3.8, 4) is 11.5 Å². The molecule has 1 aromatic rings. The van der Waals surface area contributed by atoms with Gasteiger partial charge in [-0.3, -0.25) is 4.79 Å². The van der Waals surface area contributed by atoms with E-state index in [9.17, 15) is 18.0 Å². The standard InChI is InChI=1S/C11H11BrF3NO3/c1-16-10(17)4-5-18-7-2-3-9(8(12)6-7)19-11(13,14)15/h2-3,6H,4-5H2,1H3,(H,16,17). The summed E-state index contributed by atoms with van der Waals surface area (Å²) in [6, 6.07) is 3.80. The first-order valence-electron chi connectivity index (χ1n) is 5.20. The van der Waals surface area contributed by atoms with Gasteiger partial charge < -0.3 is 14.8 Å². The van der Waals surface area contributed by atoms with Gasteiger partial charge in [0.05, 0.1) is 17.5 Å². The van der Waals surface area contributed by atoms with Gasteiger partial charge in [0.1, 0.15) is 11.5 Å². The molecule has 0 bridgehead atoms. The van der Waals surface area contributed by atoms with Gasteiger partial charge >= 0.3 is 6.36 Å². The van der Waals surface area contributed by atoms with Crippen LogP contribution in [0.25, 0.3) is 0 Å². The minimum atomic E-state index is -4.75. The summed E-state index contributed by atoms with van der Waals surface area (Å²) in [6.45, 7) is 0.131. The third-order valence-corrected chi connectivity index (χ3v) is 2.63. The van der Waals surface area contributed by atoms with Crippen LogP contribution in [0.3, 0.4) is 0 Å². The average molecular weight is 342 g/mol. The first kappa shape index (κ1) is 15.6. The fraction of sp³-hybridized carbons (Fsp3) is 0.364. The number of rotatable bonds is 5. The van der Waals surface area contributed by atoms with Gasteiger partial charge in [0.2, 0.25) is 5.91 Å². The van der Waals surface area contributed by atoms with E-state index in [1.54, 1.807) is 0 Å². The number of benzene rings is 1. The van der Waals surface area contributed by atoms with E-state index in [1.807, 2.05) is 0 Å². The first-order chi connectivity index (χ1) is 8.81. The zero-order valence-corrected chi connectivity index (χ0v) is 11.5. The predicted octanol–water partition coefficient (Wildman–Crippen LogP) is 2.86. The van der Waals surface area contributed by atoms with E-state index in [0.717, 1.165) is 6.07 Å². The molecule has 0 unspecified atom stereocenters. The first-order valence-corrected chi connectivity index (χ1v) is 6.00. The molecule has 19 heavy (non-hydrogen) atoms. The van der Waals surface area contributed by atoms with Crippen LogP contribution in [-0.2, 0) is 4.79 Å². The Kier molecular flexibility index (Phi) is 5.46. The van der Waals surface area contributed by atoms with Crippen molar-refractivity contribution in [3.63, 3.8) is 0 Å². The van der Waals surface area contributed by atoms with Crippen LogP contribution in [-0.4, -0.2) is 25.9 Å². The van der Waals surface area contributed by atoms with Crippen molar-refractivity contribution in [2.75, 3.05) is 13.7 Å². The molecule has 0 heterocycles. The minimum absolute atomic E-state index is 0.113. The smallest absolute Gasteiger partial charge is 0.493 e. The highest BCUT2D eigenvalue weighted by Gasteiger charge is 2.31. The third-order valence-electron chi connectivity index (χ3n) is 2.01. The minimum Gasteiger partial charge on any atom is -0.493 e. The number of nitrogens with one attached hydrogen (secondary N) is 1. The molecule has 1 amide bonds. The number of alkyl halides is 3. The van der Waals surface area contributed by atoms with Gasteiger partial charge in [-0.2, -0.15) is 0 Å². The van der Waals surface area contributed by atoms with Crippen molar-refractivity contribution in [1.82, 2.24) is 5.32 Å². The maximum atomic E-state index is 12.0. The monoisotopic (exact) mass is 341 g/mol. The number of hydrogen-bond donors (Lipinski definition) is 1. The molecule has 0 saturated carbocycles. The Hall–Kier alpha value is -1.44. The number of amides is 1. The molecule has 0 fully saturated rings. The lowest BCUT2D eigenvalue weighted by atomic mass is 10.3. The molecule has 1 aromatic carbocycles. The SMILES string of the molecule is CNC(=O)CCOc1ccc(OC(F)(F)F)c(Br)c1. The Morgan fingerprint density at radius 2 is 2.11 bits per heavy atom. The molecule has 0 saturated heterocycles. The molecular formula is C11H11BrF3NO3. The second-order valence-electron chi connectivity index (χ2n) is 3.41. The molecule has 106 valence electrons. The molecule has 8 heteroatoms. The molecule has 1 rings (SSSR count). The summed E-state index contributed by atoms with van der Waals surface area (Å²) in [5, 5.41) is 2.42. The van der Waals surface area contributed by atoms with Crippen LogP contribution >= 0.6 is 15.9 Å². The fourth-order valence-corrected chi connectivity index (χ4v) is 1.60. The van der Waals surface area contributed by atoms with E-state index >= 15 is 0 Å². The zero-order chi connectivity index (χ0) is 14.5. The Balaban J connectivity index is 2.59. The molecule has 0 aliphatic heterocycles. The highest BCUT2D eigenvalue weighted by atomic mass is 79.9. The number of carbonyl (C=O) groups excluding carboxylic acids is 1. The lowest BCUT2D eigenvalue weighted by molar-refractivity contribution is -0.274. The van der Waals surface area contributed by atoms with Crippen molar-refractivity contribution < 1.29 is 27.4 Å². The van der Waals surface area contributed by atoms with E-state index in [2.05, 4.69) is 26.0 Å². The van der Waals surface area contributed by atoms with Crippen molar-refractivity contribution in [2.45, 2.75) is 12.8 Å². The summed E-state index contributed by atoms with van der Waals surface area (Å²) in [5.74, 6) is -0.201. The van der Waals surface area contributed by atoms with Crippen LogP contribution in [0, 0.1) is 0 Å². The highest BCUT2D eigenvalue weighted by Crippen LogP contribution is 2.33. The summed E-state index contributed by atoms with van der Waals surface area (Å²) in [7, 11) is 1.50. The summed E-state index contributed by atoms with van der Waals surface area (Å²) in [6.07, 6.45) is -4.58. The van der Waals surface area contributed by atoms with Crippen LogP contribution in [0.1, 0.15) is 6.42 Å². The molecule has 0 aliphatic rings. The van der Waals surface area contributed by atoms with Gasteiger partial charge in [0.15, 0.2) is 0 Å². The zero-order valence-electron chi connectivity index (χ0n) is 9.88. The normalized spacial score (nSPS) is 11.0. The van der Waals surface area contributed by atoms with E-state index in [0.29, 0.717) is 5.75 Å². The topological polar surface area (TPSA) is 47.6 Å². The molecule has 0 spiro atoms. The molecular weight excluding hydrogens is 331 g/mol. The van der Waals surface area contributed by atoms with Gasteiger partial charge in [-0.1, -0.05) is 0 Å². The Bertz CT molecular complexity index is 451. The summed E-state index contributed by atoms with van der Waals surface area (Å²) >= 11 is 2.95. The van der Waals surface area contributed by atoms with Crippen molar-refractivity contribution >= 4 is 21.8 Å². The van der Waals surface area contributed by atoms with E-state index in [4.69, 9.17) is 4.74 Å². The molecule has 4 nitrogen and oxygen atoms in total.